The predicted molar refractivity (Wildman–Crippen MR) is 60.3 cm³/mol. The lowest BCUT2D eigenvalue weighted by atomic mass is 10.2. The molecule has 0 aromatic carbocycles. The van der Waals surface area contributed by atoms with Crippen molar-refractivity contribution in [3.63, 3.8) is 0 Å². The standard InChI is InChI=1S/C11H15N3O3/c1-13-9(8-4-3-5-12-8)6-14(11(13)16)7-10(15)17-2/h3-5,9,12H,6-7H2,1-2H3. The monoisotopic (exact) mass is 237 g/mol. The third kappa shape index (κ3) is 2.11. The summed E-state index contributed by atoms with van der Waals surface area (Å²) in [6.07, 6.45) is 1.82. The molecule has 2 rings (SSSR count). The van der Waals surface area contributed by atoms with Gasteiger partial charge in [-0.2, -0.15) is 0 Å². The molecule has 1 aromatic rings. The number of esters is 1. The van der Waals surface area contributed by atoms with Gasteiger partial charge in [0.15, 0.2) is 0 Å². The zero-order chi connectivity index (χ0) is 12.4. The van der Waals surface area contributed by atoms with Gasteiger partial charge < -0.3 is 19.5 Å². The molecule has 0 radical (unpaired) electrons. The number of nitrogens with one attached hydrogen (secondary N) is 1. The normalized spacial score (nSPS) is 19.9. The zero-order valence-electron chi connectivity index (χ0n) is 9.84. The van der Waals surface area contributed by atoms with Crippen LogP contribution in [0.5, 0.6) is 0 Å². The van der Waals surface area contributed by atoms with Gasteiger partial charge in [-0.05, 0) is 12.1 Å². The van der Waals surface area contributed by atoms with Gasteiger partial charge >= 0.3 is 12.0 Å². The van der Waals surface area contributed by atoms with Gasteiger partial charge in [0.05, 0.1) is 13.2 Å². The first kappa shape index (κ1) is 11.5. The van der Waals surface area contributed by atoms with Crippen molar-refractivity contribution < 1.29 is 14.3 Å². The molecule has 6 nitrogen and oxygen atoms in total. The number of nitrogens with zero attached hydrogens (tertiary/aromatic N) is 2. The van der Waals surface area contributed by atoms with E-state index in [1.165, 1.54) is 12.0 Å². The number of urea groups is 1. The van der Waals surface area contributed by atoms with Gasteiger partial charge in [-0.3, -0.25) is 4.79 Å². The van der Waals surface area contributed by atoms with E-state index in [0.29, 0.717) is 6.54 Å². The van der Waals surface area contributed by atoms with Gasteiger partial charge in [0, 0.05) is 25.5 Å². The smallest absolute Gasteiger partial charge is 0.325 e. The Morgan fingerprint density at radius 1 is 1.65 bits per heavy atom. The van der Waals surface area contributed by atoms with Gasteiger partial charge in [0.1, 0.15) is 6.54 Å². The zero-order valence-corrected chi connectivity index (χ0v) is 9.84. The van der Waals surface area contributed by atoms with Crippen molar-refractivity contribution in [1.82, 2.24) is 14.8 Å². The van der Waals surface area contributed by atoms with Crippen molar-refractivity contribution in [2.75, 3.05) is 27.2 Å². The summed E-state index contributed by atoms with van der Waals surface area (Å²) in [5, 5.41) is 0. The maximum atomic E-state index is 11.9. The summed E-state index contributed by atoms with van der Waals surface area (Å²) in [6, 6.07) is 3.62. The van der Waals surface area contributed by atoms with Crippen LogP contribution in [0.15, 0.2) is 18.3 Å². The summed E-state index contributed by atoms with van der Waals surface area (Å²) in [5.74, 6) is -0.404. The number of aromatic amines is 1. The van der Waals surface area contributed by atoms with Crippen LogP contribution in [-0.4, -0.2) is 54.0 Å². The average Bonchev–Trinajstić information content (AvgIpc) is 2.92. The summed E-state index contributed by atoms with van der Waals surface area (Å²) in [4.78, 5) is 29.2. The number of hydrogen-bond donors (Lipinski definition) is 1. The minimum atomic E-state index is -0.404. The van der Waals surface area contributed by atoms with Crippen molar-refractivity contribution in [2.24, 2.45) is 0 Å². The third-order valence-corrected chi connectivity index (χ3v) is 2.96. The summed E-state index contributed by atoms with van der Waals surface area (Å²) >= 11 is 0. The van der Waals surface area contributed by atoms with E-state index in [0.717, 1.165) is 5.69 Å². The molecular formula is C11H15N3O3. The lowest BCUT2D eigenvalue weighted by Crippen LogP contribution is -2.34. The van der Waals surface area contributed by atoms with E-state index in [2.05, 4.69) is 9.72 Å². The highest BCUT2D eigenvalue weighted by Crippen LogP contribution is 2.26. The van der Waals surface area contributed by atoms with Gasteiger partial charge in [0.2, 0.25) is 0 Å². The van der Waals surface area contributed by atoms with E-state index in [1.807, 2.05) is 18.3 Å². The fourth-order valence-corrected chi connectivity index (χ4v) is 1.98. The van der Waals surface area contributed by atoms with E-state index in [4.69, 9.17) is 0 Å². The van der Waals surface area contributed by atoms with E-state index >= 15 is 0 Å². The number of carbonyl (C=O) groups excluding carboxylic acids is 2. The molecule has 1 aromatic heterocycles. The van der Waals surface area contributed by atoms with Crippen LogP contribution in [0.3, 0.4) is 0 Å². The number of H-pyrrole nitrogens is 1. The van der Waals surface area contributed by atoms with Gasteiger partial charge in [-0.15, -0.1) is 0 Å². The molecule has 1 N–H and O–H groups in total. The van der Waals surface area contributed by atoms with Gasteiger partial charge in [0.25, 0.3) is 0 Å². The van der Waals surface area contributed by atoms with E-state index in [9.17, 15) is 9.59 Å². The maximum absolute atomic E-state index is 11.9. The van der Waals surface area contributed by atoms with Crippen LogP contribution in [0.1, 0.15) is 11.7 Å². The number of likely N-dealkylation sites (N-methyl/N-ethyl adjacent to an activating group) is 1. The first-order valence-electron chi connectivity index (χ1n) is 5.35. The first-order chi connectivity index (χ1) is 8.13. The molecule has 17 heavy (non-hydrogen) atoms. The highest BCUT2D eigenvalue weighted by Gasteiger charge is 2.36. The molecular weight excluding hydrogens is 222 g/mol. The Morgan fingerprint density at radius 2 is 2.41 bits per heavy atom. The Morgan fingerprint density at radius 3 is 3.00 bits per heavy atom. The first-order valence-corrected chi connectivity index (χ1v) is 5.35. The Hall–Kier alpha value is -1.98. The molecule has 0 saturated carbocycles. The highest BCUT2D eigenvalue weighted by molar-refractivity contribution is 5.82. The number of aromatic nitrogens is 1. The predicted octanol–water partition coefficient (Wildman–Crippen LogP) is 0.596. The Balaban J connectivity index is 2.09. The van der Waals surface area contributed by atoms with E-state index < -0.39 is 5.97 Å². The van der Waals surface area contributed by atoms with Crippen molar-refractivity contribution in [2.45, 2.75) is 6.04 Å². The summed E-state index contributed by atoms with van der Waals surface area (Å²) in [7, 11) is 3.04. The van der Waals surface area contributed by atoms with Crippen LogP contribution in [0.2, 0.25) is 0 Å². The average molecular weight is 237 g/mol. The van der Waals surface area contributed by atoms with E-state index in [1.54, 1.807) is 11.9 Å². The molecule has 1 fully saturated rings. The fourth-order valence-electron chi connectivity index (χ4n) is 1.98. The summed E-state index contributed by atoms with van der Waals surface area (Å²) < 4.78 is 4.56. The lowest BCUT2D eigenvalue weighted by Gasteiger charge is -2.16. The molecule has 1 saturated heterocycles. The Kier molecular flexibility index (Phi) is 3.03. The molecule has 92 valence electrons. The second-order valence-electron chi connectivity index (χ2n) is 3.99. The topological polar surface area (TPSA) is 65.6 Å². The minimum Gasteiger partial charge on any atom is -0.468 e. The number of amides is 2. The van der Waals surface area contributed by atoms with Gasteiger partial charge in [-0.25, -0.2) is 4.79 Å². The van der Waals surface area contributed by atoms with Crippen molar-refractivity contribution in [3.8, 4) is 0 Å². The number of hydrogen-bond acceptors (Lipinski definition) is 3. The molecule has 2 heterocycles. The fraction of sp³-hybridized carbons (Fsp3) is 0.455. The van der Waals surface area contributed by atoms with Crippen LogP contribution in [0, 0.1) is 0 Å². The Labute approximate surface area is 99.1 Å². The SMILES string of the molecule is COC(=O)CN1CC(c2ccc[nH]2)N(C)C1=O. The second kappa shape index (κ2) is 4.48. The quantitative estimate of drug-likeness (QED) is 0.783. The molecule has 0 aliphatic carbocycles. The summed E-state index contributed by atoms with van der Waals surface area (Å²) in [6.45, 7) is 0.488. The van der Waals surface area contributed by atoms with Crippen LogP contribution in [0.4, 0.5) is 4.79 Å². The molecule has 1 aliphatic rings. The minimum absolute atomic E-state index is 0.00309. The van der Waals surface area contributed by atoms with Crippen molar-refractivity contribution in [3.05, 3.63) is 24.0 Å². The maximum Gasteiger partial charge on any atom is 0.325 e. The molecule has 6 heteroatoms. The van der Waals surface area contributed by atoms with E-state index in [-0.39, 0.29) is 18.6 Å². The highest BCUT2D eigenvalue weighted by atomic mass is 16.5. The molecule has 2 amide bonds. The number of ether oxygens (including phenoxy) is 1. The molecule has 0 spiro atoms. The number of methoxy groups -OCH3 is 1. The lowest BCUT2D eigenvalue weighted by molar-refractivity contribution is -0.141. The van der Waals surface area contributed by atoms with Crippen LogP contribution < -0.4 is 0 Å². The second-order valence-corrected chi connectivity index (χ2v) is 3.99. The van der Waals surface area contributed by atoms with Gasteiger partial charge in [-0.1, -0.05) is 0 Å². The third-order valence-electron chi connectivity index (χ3n) is 2.96. The number of rotatable bonds is 3. The van der Waals surface area contributed by atoms with Crippen molar-refractivity contribution >= 4 is 12.0 Å². The van der Waals surface area contributed by atoms with Crippen LogP contribution in [0.25, 0.3) is 0 Å². The molecule has 1 aliphatic heterocycles. The van der Waals surface area contributed by atoms with Crippen LogP contribution in [-0.2, 0) is 9.53 Å². The molecule has 1 atom stereocenters. The largest absolute Gasteiger partial charge is 0.468 e. The van der Waals surface area contributed by atoms with Crippen molar-refractivity contribution in [1.29, 1.82) is 0 Å². The number of carbonyl (C=O) groups is 2. The molecule has 1 unspecified atom stereocenters. The molecule has 0 bridgehead atoms. The summed E-state index contributed by atoms with van der Waals surface area (Å²) in [5.41, 5.74) is 0.966. The van der Waals surface area contributed by atoms with Crippen LogP contribution >= 0.6 is 0 Å². The Bertz CT molecular complexity index is 416.